The van der Waals surface area contributed by atoms with E-state index < -0.39 is 0 Å². The van der Waals surface area contributed by atoms with Crippen molar-refractivity contribution in [2.75, 3.05) is 11.9 Å². The van der Waals surface area contributed by atoms with Gasteiger partial charge in [0.1, 0.15) is 11.6 Å². The lowest BCUT2D eigenvalue weighted by molar-refractivity contribution is 0.252. The molecule has 1 aromatic rings. The zero-order valence-corrected chi connectivity index (χ0v) is 10.7. The maximum atomic E-state index is 11.4. The lowest BCUT2D eigenvalue weighted by Gasteiger charge is -2.29. The third-order valence-electron chi connectivity index (χ3n) is 3.00. The van der Waals surface area contributed by atoms with E-state index in [1.807, 2.05) is 20.8 Å². The van der Waals surface area contributed by atoms with Crippen LogP contribution in [0, 0.1) is 0 Å². The number of hydrogen-bond donors (Lipinski definition) is 3. The Kier molecular flexibility index (Phi) is 4.69. The van der Waals surface area contributed by atoms with E-state index in [1.54, 1.807) is 0 Å². The summed E-state index contributed by atoms with van der Waals surface area (Å²) in [5, 5.41) is 12.3. The van der Waals surface area contributed by atoms with E-state index in [0.29, 0.717) is 24.5 Å². The summed E-state index contributed by atoms with van der Waals surface area (Å²) in [6, 6.07) is 1.45. The first-order valence-electron chi connectivity index (χ1n) is 6.02. The standard InChI is InChI=1S/C12H21N3O2/c1-4-9-13-10(8-11(17)14-9)15-12(3,5-2)6-7-16/h8,16H,4-7H2,1-3H3,(H2,13,14,15,17). The van der Waals surface area contributed by atoms with Gasteiger partial charge in [-0.2, -0.15) is 0 Å². The number of H-pyrrole nitrogens is 1. The van der Waals surface area contributed by atoms with E-state index in [1.165, 1.54) is 6.07 Å². The van der Waals surface area contributed by atoms with Crippen LogP contribution in [0.3, 0.4) is 0 Å². The molecule has 0 aromatic carbocycles. The van der Waals surface area contributed by atoms with Crippen molar-refractivity contribution in [2.45, 2.75) is 45.6 Å². The van der Waals surface area contributed by atoms with Crippen LogP contribution in [-0.2, 0) is 6.42 Å². The van der Waals surface area contributed by atoms with Crippen LogP contribution in [0.5, 0.6) is 0 Å². The Morgan fingerprint density at radius 3 is 2.76 bits per heavy atom. The van der Waals surface area contributed by atoms with E-state index >= 15 is 0 Å². The SMILES string of the molecule is CCc1nc(NC(C)(CC)CCO)cc(=O)[nH]1. The molecule has 0 aliphatic heterocycles. The maximum Gasteiger partial charge on any atom is 0.252 e. The molecule has 1 rings (SSSR count). The van der Waals surface area contributed by atoms with Crippen LogP contribution in [0.1, 0.15) is 39.4 Å². The second kappa shape index (κ2) is 5.82. The van der Waals surface area contributed by atoms with Crippen LogP contribution in [0.15, 0.2) is 10.9 Å². The molecule has 3 N–H and O–H groups in total. The number of nitrogens with one attached hydrogen (secondary N) is 2. The Morgan fingerprint density at radius 2 is 2.24 bits per heavy atom. The first-order chi connectivity index (χ1) is 8.03. The first-order valence-corrected chi connectivity index (χ1v) is 6.02. The summed E-state index contributed by atoms with van der Waals surface area (Å²) in [5.74, 6) is 1.24. The normalized spacial score (nSPS) is 14.4. The highest BCUT2D eigenvalue weighted by atomic mass is 16.3. The van der Waals surface area contributed by atoms with Gasteiger partial charge < -0.3 is 15.4 Å². The van der Waals surface area contributed by atoms with Gasteiger partial charge in [0.2, 0.25) is 0 Å². The Morgan fingerprint density at radius 1 is 1.53 bits per heavy atom. The van der Waals surface area contributed by atoms with Gasteiger partial charge in [0.05, 0.1) is 0 Å². The molecule has 1 unspecified atom stereocenters. The van der Waals surface area contributed by atoms with Crippen LogP contribution in [0.25, 0.3) is 0 Å². The Balaban J connectivity index is 2.93. The summed E-state index contributed by atoms with van der Waals surface area (Å²) in [6.07, 6.45) is 2.16. The second-order valence-electron chi connectivity index (χ2n) is 4.44. The highest BCUT2D eigenvalue weighted by Crippen LogP contribution is 2.19. The summed E-state index contributed by atoms with van der Waals surface area (Å²) in [6.45, 7) is 6.10. The van der Waals surface area contributed by atoms with Crippen LogP contribution in [-0.4, -0.2) is 27.2 Å². The molecule has 0 fully saturated rings. The van der Waals surface area contributed by atoms with E-state index in [9.17, 15) is 4.79 Å². The molecule has 96 valence electrons. The number of nitrogens with zero attached hydrogens (tertiary/aromatic N) is 1. The van der Waals surface area contributed by atoms with Crippen molar-refractivity contribution in [3.63, 3.8) is 0 Å². The van der Waals surface area contributed by atoms with Crippen molar-refractivity contribution in [2.24, 2.45) is 0 Å². The van der Waals surface area contributed by atoms with Crippen molar-refractivity contribution < 1.29 is 5.11 Å². The van der Waals surface area contributed by atoms with Gasteiger partial charge in [0.15, 0.2) is 0 Å². The number of aromatic nitrogens is 2. The predicted molar refractivity (Wildman–Crippen MR) is 68.3 cm³/mol. The van der Waals surface area contributed by atoms with Crippen molar-refractivity contribution in [3.05, 3.63) is 22.2 Å². The molecule has 0 aliphatic carbocycles. The summed E-state index contributed by atoms with van der Waals surface area (Å²) < 4.78 is 0. The zero-order valence-electron chi connectivity index (χ0n) is 10.7. The van der Waals surface area contributed by atoms with E-state index in [0.717, 1.165) is 6.42 Å². The molecule has 5 nitrogen and oxygen atoms in total. The van der Waals surface area contributed by atoms with Crippen LogP contribution < -0.4 is 10.9 Å². The van der Waals surface area contributed by atoms with Gasteiger partial charge in [-0.15, -0.1) is 0 Å². The number of anilines is 1. The van der Waals surface area contributed by atoms with Gasteiger partial charge in [-0.05, 0) is 19.8 Å². The molecule has 0 amide bonds. The van der Waals surface area contributed by atoms with Crippen molar-refractivity contribution in [1.29, 1.82) is 0 Å². The minimum atomic E-state index is -0.236. The summed E-state index contributed by atoms with van der Waals surface area (Å²) in [7, 11) is 0. The van der Waals surface area contributed by atoms with E-state index in [4.69, 9.17) is 5.11 Å². The molecule has 1 atom stereocenters. The van der Waals surface area contributed by atoms with Crippen LogP contribution >= 0.6 is 0 Å². The highest BCUT2D eigenvalue weighted by Gasteiger charge is 2.21. The number of aryl methyl sites for hydroxylation is 1. The van der Waals surface area contributed by atoms with Gasteiger partial charge in [-0.3, -0.25) is 4.79 Å². The fourth-order valence-electron chi connectivity index (χ4n) is 1.62. The van der Waals surface area contributed by atoms with Gasteiger partial charge in [0, 0.05) is 24.6 Å². The summed E-state index contributed by atoms with van der Waals surface area (Å²) in [5.41, 5.74) is -0.387. The molecule has 1 aromatic heterocycles. The van der Waals surface area contributed by atoms with Gasteiger partial charge in [-0.25, -0.2) is 4.98 Å². The lowest BCUT2D eigenvalue weighted by Crippen LogP contribution is -2.36. The molecule has 0 saturated heterocycles. The van der Waals surface area contributed by atoms with Gasteiger partial charge >= 0.3 is 0 Å². The molecular weight excluding hydrogens is 218 g/mol. The quantitative estimate of drug-likeness (QED) is 0.699. The molecular formula is C12H21N3O2. The largest absolute Gasteiger partial charge is 0.396 e. The summed E-state index contributed by atoms with van der Waals surface area (Å²) in [4.78, 5) is 18.4. The molecule has 0 radical (unpaired) electrons. The van der Waals surface area contributed by atoms with Crippen molar-refractivity contribution in [1.82, 2.24) is 9.97 Å². The molecule has 5 heteroatoms. The number of aromatic amines is 1. The third-order valence-corrected chi connectivity index (χ3v) is 3.00. The molecule has 0 saturated carbocycles. The predicted octanol–water partition coefficient (Wildman–Crippen LogP) is 1.30. The Bertz CT molecular complexity index is 416. The molecule has 0 bridgehead atoms. The lowest BCUT2D eigenvalue weighted by atomic mass is 9.95. The molecule has 17 heavy (non-hydrogen) atoms. The molecule has 1 heterocycles. The minimum absolute atomic E-state index is 0.112. The van der Waals surface area contributed by atoms with Gasteiger partial charge in [0.25, 0.3) is 5.56 Å². The average Bonchev–Trinajstić information content (AvgIpc) is 2.28. The first kappa shape index (κ1) is 13.7. The smallest absolute Gasteiger partial charge is 0.252 e. The number of aliphatic hydroxyl groups excluding tert-OH is 1. The van der Waals surface area contributed by atoms with Gasteiger partial charge in [-0.1, -0.05) is 13.8 Å². The molecule has 0 spiro atoms. The second-order valence-corrected chi connectivity index (χ2v) is 4.44. The Hall–Kier alpha value is -1.36. The average molecular weight is 239 g/mol. The Labute approximate surface area is 101 Å². The molecule has 0 aliphatic rings. The monoisotopic (exact) mass is 239 g/mol. The summed E-state index contributed by atoms with van der Waals surface area (Å²) >= 11 is 0. The van der Waals surface area contributed by atoms with E-state index in [-0.39, 0.29) is 17.7 Å². The number of rotatable bonds is 6. The third kappa shape index (κ3) is 3.85. The fourth-order valence-corrected chi connectivity index (χ4v) is 1.62. The minimum Gasteiger partial charge on any atom is -0.396 e. The van der Waals surface area contributed by atoms with Crippen LogP contribution in [0.2, 0.25) is 0 Å². The van der Waals surface area contributed by atoms with Crippen molar-refractivity contribution >= 4 is 5.82 Å². The maximum absolute atomic E-state index is 11.4. The highest BCUT2D eigenvalue weighted by molar-refractivity contribution is 5.36. The number of hydrogen-bond acceptors (Lipinski definition) is 4. The van der Waals surface area contributed by atoms with Crippen LogP contribution in [0.4, 0.5) is 5.82 Å². The topological polar surface area (TPSA) is 78.0 Å². The number of aliphatic hydroxyl groups is 1. The van der Waals surface area contributed by atoms with Crippen molar-refractivity contribution in [3.8, 4) is 0 Å². The fraction of sp³-hybridized carbons (Fsp3) is 0.667. The van der Waals surface area contributed by atoms with E-state index in [2.05, 4.69) is 15.3 Å². The zero-order chi connectivity index (χ0) is 12.9.